The number of nitrogens with one attached hydrogen (secondary N) is 1. The summed E-state index contributed by atoms with van der Waals surface area (Å²) in [5, 5.41) is 17.9. The normalized spacial score (nSPS) is 10.9. The first-order valence-electron chi connectivity index (χ1n) is 10.9. The van der Waals surface area contributed by atoms with Crippen molar-refractivity contribution in [1.82, 2.24) is 9.78 Å². The Kier molecular flexibility index (Phi) is 6.31. The molecule has 0 unspecified atom stereocenters. The lowest BCUT2D eigenvalue weighted by Crippen LogP contribution is -2.21. The number of azo groups is 1. The first kappa shape index (κ1) is 21.4. The minimum absolute atomic E-state index is 0.448. The van der Waals surface area contributed by atoms with Gasteiger partial charge in [-0.25, -0.2) is 4.68 Å². The molecule has 0 amide bonds. The molecule has 0 fully saturated rings. The van der Waals surface area contributed by atoms with Crippen LogP contribution in [-0.2, 0) is 0 Å². The molecule has 0 bridgehead atoms. The van der Waals surface area contributed by atoms with E-state index >= 15 is 0 Å². The number of rotatable bonds is 5. The Bertz CT molecular complexity index is 1410. The predicted molar refractivity (Wildman–Crippen MR) is 142 cm³/mol. The monoisotopic (exact) mass is 459 g/mol. The molecule has 0 saturated heterocycles. The summed E-state index contributed by atoms with van der Waals surface area (Å²) in [6, 6.07) is 39.4. The first-order valence-corrected chi connectivity index (χ1v) is 11.3. The maximum Gasteiger partial charge on any atom is 0.199 e. The van der Waals surface area contributed by atoms with Crippen molar-refractivity contribution in [3.05, 3.63) is 121 Å². The SMILES string of the molecule is S=C(Nc1ccccc1)n1nc(-c2ccccc2)c(N=Nc2ccccc2)c1-c1ccccc1. The third-order valence-corrected chi connectivity index (χ3v) is 5.47. The van der Waals surface area contributed by atoms with Gasteiger partial charge in [-0.15, -0.1) is 5.11 Å². The standard InChI is InChI=1S/C28H21N5S/c34-28(29-23-17-9-3-10-18-23)33-27(22-15-7-2-8-16-22)26(31-30-24-19-11-4-12-20-24)25(32-33)21-13-5-1-6-14-21/h1-20H,(H,29,34). The van der Waals surface area contributed by atoms with Gasteiger partial charge in [-0.1, -0.05) is 97.1 Å². The van der Waals surface area contributed by atoms with Gasteiger partial charge in [0.05, 0.1) is 5.69 Å². The Morgan fingerprint density at radius 3 is 1.79 bits per heavy atom. The minimum atomic E-state index is 0.448. The molecule has 34 heavy (non-hydrogen) atoms. The van der Waals surface area contributed by atoms with Crippen molar-refractivity contribution in [2.45, 2.75) is 0 Å². The van der Waals surface area contributed by atoms with Gasteiger partial charge in [0.2, 0.25) is 0 Å². The molecule has 5 aromatic rings. The van der Waals surface area contributed by atoms with Gasteiger partial charge in [-0.3, -0.25) is 0 Å². The van der Waals surface area contributed by atoms with Crippen molar-refractivity contribution >= 4 is 34.4 Å². The second-order valence-electron chi connectivity index (χ2n) is 7.52. The van der Waals surface area contributed by atoms with Crippen molar-refractivity contribution in [2.24, 2.45) is 10.2 Å². The molecule has 0 aliphatic heterocycles. The summed E-state index contributed by atoms with van der Waals surface area (Å²) in [4.78, 5) is 0. The molecule has 1 heterocycles. The fourth-order valence-electron chi connectivity index (χ4n) is 3.60. The summed E-state index contributed by atoms with van der Waals surface area (Å²) in [7, 11) is 0. The second-order valence-corrected chi connectivity index (χ2v) is 7.91. The Morgan fingerprint density at radius 1 is 0.647 bits per heavy atom. The Hall–Kier alpha value is -4.42. The minimum Gasteiger partial charge on any atom is -0.331 e. The fourth-order valence-corrected chi connectivity index (χ4v) is 3.85. The van der Waals surface area contributed by atoms with Crippen molar-refractivity contribution < 1.29 is 0 Å². The highest BCUT2D eigenvalue weighted by atomic mass is 32.1. The summed E-state index contributed by atoms with van der Waals surface area (Å²) < 4.78 is 1.74. The highest BCUT2D eigenvalue weighted by Gasteiger charge is 2.23. The summed E-state index contributed by atoms with van der Waals surface area (Å²) in [6.07, 6.45) is 0. The molecule has 164 valence electrons. The van der Waals surface area contributed by atoms with Crippen LogP contribution in [-0.4, -0.2) is 14.9 Å². The number of aromatic nitrogens is 2. The van der Waals surface area contributed by atoms with Crippen molar-refractivity contribution in [2.75, 3.05) is 5.32 Å². The predicted octanol–water partition coefficient (Wildman–Crippen LogP) is 7.88. The molecule has 0 aliphatic carbocycles. The molecule has 0 aliphatic rings. The summed E-state index contributed by atoms with van der Waals surface area (Å²) in [5.41, 5.74) is 5.65. The molecule has 0 radical (unpaired) electrons. The van der Waals surface area contributed by atoms with Crippen LogP contribution in [0.15, 0.2) is 132 Å². The van der Waals surface area contributed by atoms with Crippen LogP contribution >= 0.6 is 12.2 Å². The van der Waals surface area contributed by atoms with Gasteiger partial charge >= 0.3 is 0 Å². The van der Waals surface area contributed by atoms with E-state index in [2.05, 4.69) is 10.4 Å². The van der Waals surface area contributed by atoms with Crippen molar-refractivity contribution in [3.63, 3.8) is 0 Å². The molecule has 1 aromatic heterocycles. The van der Waals surface area contributed by atoms with Gasteiger partial charge in [-0.2, -0.15) is 10.2 Å². The lowest BCUT2D eigenvalue weighted by Gasteiger charge is -2.11. The highest BCUT2D eigenvalue weighted by Crippen LogP contribution is 2.40. The van der Waals surface area contributed by atoms with Gasteiger partial charge in [0.15, 0.2) is 5.11 Å². The second kappa shape index (κ2) is 10.0. The van der Waals surface area contributed by atoms with Crippen LogP contribution in [0.4, 0.5) is 17.1 Å². The van der Waals surface area contributed by atoms with Gasteiger partial charge in [0.25, 0.3) is 0 Å². The van der Waals surface area contributed by atoms with Crippen molar-refractivity contribution in [1.29, 1.82) is 0 Å². The van der Waals surface area contributed by atoms with Crippen LogP contribution in [0.25, 0.3) is 22.5 Å². The van der Waals surface area contributed by atoms with Crippen LogP contribution < -0.4 is 5.32 Å². The van der Waals surface area contributed by atoms with Gasteiger partial charge in [0, 0.05) is 16.8 Å². The summed E-state index contributed by atoms with van der Waals surface area (Å²) >= 11 is 5.81. The van der Waals surface area contributed by atoms with Gasteiger partial charge in [-0.05, 0) is 36.5 Å². The third kappa shape index (κ3) is 4.67. The van der Waals surface area contributed by atoms with E-state index < -0.39 is 0 Å². The Morgan fingerprint density at radius 2 is 1.18 bits per heavy atom. The van der Waals surface area contributed by atoms with Crippen LogP contribution in [0.5, 0.6) is 0 Å². The lowest BCUT2D eigenvalue weighted by atomic mass is 10.1. The van der Waals surface area contributed by atoms with E-state index in [1.165, 1.54) is 0 Å². The molecule has 5 rings (SSSR count). The number of para-hydroxylation sites is 1. The molecule has 4 aromatic carbocycles. The molecule has 6 heteroatoms. The topological polar surface area (TPSA) is 54.6 Å². The lowest BCUT2D eigenvalue weighted by molar-refractivity contribution is 0.958. The van der Waals surface area contributed by atoms with E-state index in [1.54, 1.807) is 4.68 Å². The smallest absolute Gasteiger partial charge is 0.199 e. The van der Waals surface area contributed by atoms with Gasteiger partial charge in [0.1, 0.15) is 17.1 Å². The average Bonchev–Trinajstić information content (AvgIpc) is 3.29. The van der Waals surface area contributed by atoms with E-state index in [1.807, 2.05) is 121 Å². The van der Waals surface area contributed by atoms with Crippen LogP contribution in [0.3, 0.4) is 0 Å². The molecule has 0 spiro atoms. The maximum absolute atomic E-state index is 5.81. The number of hydrogen-bond acceptors (Lipinski definition) is 4. The summed E-state index contributed by atoms with van der Waals surface area (Å²) in [5.74, 6) is 0. The van der Waals surface area contributed by atoms with Crippen molar-refractivity contribution in [3.8, 4) is 22.5 Å². The zero-order valence-electron chi connectivity index (χ0n) is 18.2. The third-order valence-electron chi connectivity index (χ3n) is 5.19. The molecular weight excluding hydrogens is 438 g/mol. The molecular formula is C28H21N5S. The average molecular weight is 460 g/mol. The van der Waals surface area contributed by atoms with E-state index in [0.29, 0.717) is 16.5 Å². The van der Waals surface area contributed by atoms with E-state index in [9.17, 15) is 0 Å². The van der Waals surface area contributed by atoms with E-state index in [4.69, 9.17) is 22.4 Å². The van der Waals surface area contributed by atoms with Crippen LogP contribution in [0.2, 0.25) is 0 Å². The number of thiocarbonyl (C=S) groups is 1. The molecule has 1 N–H and O–H groups in total. The number of nitrogens with zero attached hydrogens (tertiary/aromatic N) is 4. The van der Waals surface area contributed by atoms with Gasteiger partial charge < -0.3 is 5.32 Å². The Balaban J connectivity index is 1.70. The Labute approximate surface area is 203 Å². The largest absolute Gasteiger partial charge is 0.331 e. The van der Waals surface area contributed by atoms with Crippen LogP contribution in [0.1, 0.15) is 0 Å². The molecule has 5 nitrogen and oxygen atoms in total. The van der Waals surface area contributed by atoms with Crippen LogP contribution in [0, 0.1) is 0 Å². The first-order chi connectivity index (χ1) is 16.8. The number of hydrogen-bond donors (Lipinski definition) is 1. The molecule has 0 saturated carbocycles. The zero-order valence-corrected chi connectivity index (χ0v) is 19.1. The summed E-state index contributed by atoms with van der Waals surface area (Å²) in [6.45, 7) is 0. The number of benzene rings is 4. The molecule has 0 atom stereocenters. The number of anilines is 1. The maximum atomic E-state index is 5.81. The zero-order chi connectivity index (χ0) is 23.2. The quantitative estimate of drug-likeness (QED) is 0.215. The highest BCUT2D eigenvalue weighted by molar-refractivity contribution is 7.80. The van der Waals surface area contributed by atoms with E-state index in [0.717, 1.165) is 28.2 Å². The fraction of sp³-hybridized carbons (Fsp3) is 0. The van der Waals surface area contributed by atoms with E-state index in [-0.39, 0.29) is 0 Å².